The number of hydrogen-bond donors (Lipinski definition) is 15. The lowest BCUT2D eigenvalue weighted by Gasteiger charge is -2.39. The van der Waals surface area contributed by atoms with Crippen LogP contribution < -0.4 is 50.7 Å². The molecule has 5 aliphatic heterocycles. The average molecular weight is 1600 g/mol. The van der Waals surface area contributed by atoms with Crippen LogP contribution in [0.3, 0.4) is 0 Å². The lowest BCUT2D eigenvalue weighted by molar-refractivity contribution is -0.277. The summed E-state index contributed by atoms with van der Waals surface area (Å²) in [6, 6.07) is -4.61. The third-order valence-electron chi connectivity index (χ3n) is 19.0. The van der Waals surface area contributed by atoms with Crippen LogP contribution >= 0.6 is 0 Å². The number of fused-ring (bicyclic) bond motifs is 5. The molecule has 606 valence electrons. The maximum Gasteiger partial charge on any atom is 0.501 e. The van der Waals surface area contributed by atoms with Crippen molar-refractivity contribution in [1.29, 1.82) is 0 Å². The normalized spacial score (nSPS) is 26.4. The van der Waals surface area contributed by atoms with E-state index < -0.39 is 269 Å². The van der Waals surface area contributed by atoms with E-state index in [4.69, 9.17) is 33.0 Å². The highest BCUT2D eigenvalue weighted by Gasteiger charge is 2.47. The average Bonchev–Trinajstić information content (AvgIpc) is 1.73. The van der Waals surface area contributed by atoms with Gasteiger partial charge in [0.05, 0.1) is 112 Å². The Morgan fingerprint density at radius 1 is 0.802 bits per heavy atom. The van der Waals surface area contributed by atoms with Crippen molar-refractivity contribution in [2.45, 2.75) is 157 Å². The summed E-state index contributed by atoms with van der Waals surface area (Å²) in [6.45, 7) is 1.43. The van der Waals surface area contributed by atoms with E-state index in [0.29, 0.717) is 12.1 Å². The van der Waals surface area contributed by atoms with Crippen molar-refractivity contribution >= 4 is 103 Å². The SMILES string of the molecule is CC[C@H](C)[C@@H]1NC(=O)CNC(=O)[C@@H]2Cc3c([nH]c4cc(OS(=O)(=O)Oc5cc(C(=O)N(C)CCOCCn6cc(COCCN7C(=O)C=CC7=O)nn6)ccc5OC5O[C@@H](CO)[C@@H](O)[C@@H](O)[C@@H]5O)ccc34)S(=O)C[C@H](NC(=O)CCC1=O)C(=O)N[C@@H](CC(N)=O)C(=O)N1C[C@H](O)C[C@H]1C(=O)N[C@@H]([C@@H](C)[C@@H](O)CO)C(=O)N2. The third-order valence-corrected chi connectivity index (χ3v) is 21.2. The number of benzene rings is 2. The van der Waals surface area contributed by atoms with Crippen LogP contribution in [0.4, 0.5) is 0 Å². The van der Waals surface area contributed by atoms with Crippen molar-refractivity contribution in [3.8, 4) is 17.2 Å². The van der Waals surface area contributed by atoms with Crippen LogP contribution in [0.25, 0.3) is 10.9 Å². The zero-order chi connectivity index (χ0) is 80.9. The van der Waals surface area contributed by atoms with E-state index in [1.54, 1.807) is 20.0 Å². The Labute approximate surface area is 635 Å². The highest BCUT2D eigenvalue weighted by Crippen LogP contribution is 2.36. The van der Waals surface area contributed by atoms with E-state index in [1.165, 1.54) is 29.6 Å². The van der Waals surface area contributed by atoms with Gasteiger partial charge in [-0.25, -0.2) is 4.68 Å². The van der Waals surface area contributed by atoms with Gasteiger partial charge < -0.3 is 115 Å². The molecule has 42 nitrogen and oxygen atoms in total. The third kappa shape index (κ3) is 21.6. The number of rotatable bonds is 26. The number of H-pyrrole nitrogens is 1. The summed E-state index contributed by atoms with van der Waals surface area (Å²) in [6.07, 6.45) is -12.0. The summed E-state index contributed by atoms with van der Waals surface area (Å²) >= 11 is 0. The molecule has 4 aromatic rings. The molecule has 2 aromatic heterocycles. The van der Waals surface area contributed by atoms with Gasteiger partial charge in [-0.05, 0) is 41.8 Å². The first kappa shape index (κ1) is 85.0. The topological polar surface area (TPSA) is 607 Å². The van der Waals surface area contributed by atoms with Crippen LogP contribution in [-0.2, 0) is 108 Å². The van der Waals surface area contributed by atoms with Gasteiger partial charge in [-0.1, -0.05) is 32.4 Å². The van der Waals surface area contributed by atoms with Crippen LogP contribution in [-0.4, -0.2) is 305 Å². The molecule has 0 radical (unpaired) electrons. The first-order chi connectivity index (χ1) is 52.7. The second-order valence-corrected chi connectivity index (χ2v) is 29.5. The number of nitrogens with one attached hydrogen (secondary N) is 7. The number of ketones is 1. The smallest absolute Gasteiger partial charge is 0.458 e. The number of carbonyl (C=O) groups excluding carboxylic acids is 12. The Bertz CT molecular complexity index is 4310. The minimum Gasteiger partial charge on any atom is -0.458 e. The van der Waals surface area contributed by atoms with Gasteiger partial charge in [0.25, 0.3) is 17.7 Å². The molecule has 44 heteroatoms. The number of Topliss-reactive ketones (excluding diaryl/α,β-unsaturated/α-hetero) is 1. The maximum absolute atomic E-state index is 15.4. The standard InChI is InChI=1S/C67H88N14O28S2/c1-5-32(2)55-45(85)9-11-51(88)70-43-31-110(101)64-39(23-41(60(95)69-25-52(89)74-55)71-63(98)56(33(3)46(86)28-82)75-62(97)44-21-36(84)27-81(44)66(100)42(24-50(68)87)72-61(43)96)38-8-7-37(22-40(38)73-64)108-111(102,103)109-48-20-34(6-10-47(48)106-67-59(94)58(93)57(92)49(29-83)107-67)65(99)78(4)14-17-104-18-15-79-26-35(76-77-79)30-105-19-16-80-53(90)12-13-54(80)91/h6-8,10,12-13,20,22,26,32-33,36,41-44,46,49,55-59,67,73,82-84,86,92-94H,5,9,11,14-19,21,23-25,27-31H2,1-4H3,(H2,68,87)(H,69,95)(H,70,88)(H,71,98)(H,72,96)(H,74,89)(H,75,97)/t32-,33-,36+,41-,42-,43-,44-,46-,49-,55-,56-,57+,58+,59-,67?,110?/m0/s1. The molecule has 7 heterocycles. The Balaban J connectivity index is 1.04. The molecular formula is C67H88N14O28S2. The summed E-state index contributed by atoms with van der Waals surface area (Å²) in [4.78, 5) is 172. The molecule has 0 saturated carbocycles. The van der Waals surface area contributed by atoms with Gasteiger partial charge in [-0.15, -0.1) is 13.5 Å². The second kappa shape index (κ2) is 37.8. The number of nitrogens with two attached hydrogens (primary N) is 1. The van der Waals surface area contributed by atoms with Crippen molar-refractivity contribution in [2.75, 3.05) is 72.0 Å². The Morgan fingerprint density at radius 3 is 2.23 bits per heavy atom. The molecular weight excluding hydrogens is 1510 g/mol. The van der Waals surface area contributed by atoms with Crippen molar-refractivity contribution in [1.82, 2.24) is 66.6 Å². The van der Waals surface area contributed by atoms with Gasteiger partial charge in [-0.2, -0.15) is 0 Å². The quantitative estimate of drug-likeness (QED) is 0.0205. The highest BCUT2D eigenvalue weighted by atomic mass is 32.3. The van der Waals surface area contributed by atoms with Crippen molar-refractivity contribution in [2.24, 2.45) is 17.6 Å². The number of hydrogen-bond acceptors (Lipinski definition) is 30. The summed E-state index contributed by atoms with van der Waals surface area (Å²) in [5.41, 5.74) is 5.38. The van der Waals surface area contributed by atoms with E-state index in [1.807, 2.05) is 0 Å². The van der Waals surface area contributed by atoms with E-state index in [0.717, 1.165) is 52.3 Å². The molecule has 16 N–H and O–H groups in total. The predicted molar refractivity (Wildman–Crippen MR) is 376 cm³/mol. The van der Waals surface area contributed by atoms with E-state index >= 15 is 4.21 Å². The molecule has 2 aromatic carbocycles. The number of nitrogens with zero attached hydrogens (tertiary/aromatic N) is 6. The van der Waals surface area contributed by atoms with Crippen LogP contribution in [0.5, 0.6) is 17.2 Å². The van der Waals surface area contributed by atoms with Gasteiger partial charge in [0.15, 0.2) is 17.3 Å². The fourth-order valence-electron chi connectivity index (χ4n) is 12.6. The second-order valence-electron chi connectivity index (χ2n) is 27.0. The molecule has 2 saturated heterocycles. The minimum atomic E-state index is -5.52. The van der Waals surface area contributed by atoms with Crippen LogP contribution in [0, 0.1) is 11.8 Å². The van der Waals surface area contributed by atoms with Gasteiger partial charge in [0, 0.05) is 80.9 Å². The van der Waals surface area contributed by atoms with Crippen molar-refractivity contribution < 1.29 is 133 Å². The zero-order valence-electron chi connectivity index (χ0n) is 60.4. The van der Waals surface area contributed by atoms with Gasteiger partial charge in [-0.3, -0.25) is 66.6 Å². The summed E-state index contributed by atoms with van der Waals surface area (Å²) < 4.78 is 79.1. The number of imide groups is 1. The number of amides is 11. The molecule has 2 unspecified atom stereocenters. The molecule has 0 spiro atoms. The molecule has 16 atom stereocenters. The molecule has 5 aliphatic rings. The number of aliphatic hydroxyl groups is 7. The zero-order valence-corrected chi connectivity index (χ0v) is 62.0. The lowest BCUT2D eigenvalue weighted by Crippen LogP contribution is -2.62. The van der Waals surface area contributed by atoms with Crippen molar-refractivity contribution in [3.05, 3.63) is 71.6 Å². The monoisotopic (exact) mass is 1600 g/mol. The fourth-order valence-corrected chi connectivity index (χ4v) is 14.7. The first-order valence-electron chi connectivity index (χ1n) is 35.2. The van der Waals surface area contributed by atoms with Gasteiger partial charge in [0.2, 0.25) is 53.5 Å². The maximum atomic E-state index is 15.4. The van der Waals surface area contributed by atoms with Gasteiger partial charge in [0.1, 0.15) is 71.1 Å². The fraction of sp³-hybridized carbons (Fsp3) is 0.552. The number of aromatic amines is 1. The Hall–Kier alpha value is -10.00. The Kier molecular flexibility index (Phi) is 29.0. The molecule has 9 rings (SSSR count). The van der Waals surface area contributed by atoms with Crippen LogP contribution in [0.2, 0.25) is 0 Å². The molecule has 0 aliphatic carbocycles. The lowest BCUT2D eigenvalue weighted by atomic mass is 9.93. The molecule has 2 fully saturated rings. The minimum absolute atomic E-state index is 0.0244. The van der Waals surface area contributed by atoms with E-state index in [9.17, 15) is 102 Å². The van der Waals surface area contributed by atoms with Crippen molar-refractivity contribution in [3.63, 3.8) is 0 Å². The largest absolute Gasteiger partial charge is 0.501 e. The number of primary amides is 1. The number of aliphatic hydroxyl groups excluding tert-OH is 7. The number of carbonyl (C=O) groups is 12. The predicted octanol–water partition coefficient (Wildman–Crippen LogP) is -7.69. The summed E-state index contributed by atoms with van der Waals surface area (Å²) in [5, 5.41) is 96.3. The van der Waals surface area contributed by atoms with Crippen LogP contribution in [0.15, 0.2) is 59.8 Å². The van der Waals surface area contributed by atoms with E-state index in [-0.39, 0.29) is 68.1 Å². The van der Waals surface area contributed by atoms with E-state index in [2.05, 4.69) is 47.2 Å². The molecule has 2 bridgehead atoms. The van der Waals surface area contributed by atoms with Crippen LogP contribution in [0.1, 0.15) is 74.5 Å². The number of ether oxygens (including phenoxy) is 4. The number of aromatic nitrogens is 4. The molecule has 111 heavy (non-hydrogen) atoms. The highest BCUT2D eigenvalue weighted by molar-refractivity contribution is 7.85. The number of likely N-dealkylation sites (N-methyl/N-ethyl adjacent to an activating group) is 1. The summed E-state index contributed by atoms with van der Waals surface area (Å²) in [7, 11) is -6.84. The Morgan fingerprint density at radius 2 is 1.53 bits per heavy atom. The van der Waals surface area contributed by atoms with Gasteiger partial charge >= 0.3 is 10.4 Å². The molecule has 11 amide bonds. The summed E-state index contributed by atoms with van der Waals surface area (Å²) in [5.74, 6) is -16.7. The first-order valence-corrected chi connectivity index (χ1v) is 37.8.